The number of benzene rings is 1. The van der Waals surface area contributed by atoms with Crippen LogP contribution in [0.2, 0.25) is 0 Å². The SMILES string of the molecule is Cc1cccc(O)c1NS(=O)(=O)c1c(Br)nnn1C. The number of halogens is 1. The Labute approximate surface area is 118 Å². The molecule has 0 aliphatic rings. The summed E-state index contributed by atoms with van der Waals surface area (Å²) in [6, 6.07) is 4.72. The molecule has 0 atom stereocenters. The third-order valence-electron chi connectivity index (χ3n) is 2.48. The highest BCUT2D eigenvalue weighted by atomic mass is 79.9. The lowest BCUT2D eigenvalue weighted by atomic mass is 10.2. The van der Waals surface area contributed by atoms with Crippen LogP contribution in [0.1, 0.15) is 5.56 Å². The number of aromatic hydroxyl groups is 1. The lowest BCUT2D eigenvalue weighted by Crippen LogP contribution is -2.17. The molecule has 0 saturated heterocycles. The second kappa shape index (κ2) is 4.82. The summed E-state index contributed by atoms with van der Waals surface area (Å²) in [6.45, 7) is 1.69. The van der Waals surface area contributed by atoms with Gasteiger partial charge in [-0.3, -0.25) is 4.72 Å². The number of hydrogen-bond donors (Lipinski definition) is 2. The molecule has 0 amide bonds. The number of aryl methyl sites for hydroxylation is 2. The van der Waals surface area contributed by atoms with Crippen LogP contribution in [0.15, 0.2) is 27.8 Å². The van der Waals surface area contributed by atoms with Crippen LogP contribution in [0.3, 0.4) is 0 Å². The number of phenolic OH excluding ortho intramolecular Hbond substituents is 1. The lowest BCUT2D eigenvalue weighted by molar-refractivity contribution is 0.477. The van der Waals surface area contributed by atoms with E-state index in [0.29, 0.717) is 5.56 Å². The Morgan fingerprint density at radius 3 is 2.63 bits per heavy atom. The fourth-order valence-corrected chi connectivity index (χ4v) is 3.82. The Morgan fingerprint density at radius 1 is 1.42 bits per heavy atom. The Balaban J connectivity index is 2.49. The Kier molecular flexibility index (Phi) is 3.50. The maximum Gasteiger partial charge on any atom is 0.282 e. The van der Waals surface area contributed by atoms with Crippen molar-refractivity contribution in [2.75, 3.05) is 4.72 Å². The molecular weight excluding hydrogens is 336 g/mol. The van der Waals surface area contributed by atoms with Crippen LogP contribution in [-0.4, -0.2) is 28.5 Å². The molecule has 0 aliphatic carbocycles. The zero-order valence-corrected chi connectivity index (χ0v) is 12.5. The van der Waals surface area contributed by atoms with Crippen molar-refractivity contribution in [2.24, 2.45) is 7.05 Å². The van der Waals surface area contributed by atoms with Crippen molar-refractivity contribution in [1.82, 2.24) is 15.0 Å². The maximum absolute atomic E-state index is 12.3. The molecular formula is C10H11BrN4O3S. The first-order chi connectivity index (χ1) is 8.83. The number of nitrogens with zero attached hydrogens (tertiary/aromatic N) is 3. The van der Waals surface area contributed by atoms with Gasteiger partial charge < -0.3 is 5.11 Å². The molecule has 2 aromatic rings. The molecule has 0 aliphatic heterocycles. The molecule has 102 valence electrons. The number of para-hydroxylation sites is 1. The van der Waals surface area contributed by atoms with Gasteiger partial charge in [-0.15, -0.1) is 5.10 Å². The normalized spacial score (nSPS) is 11.5. The van der Waals surface area contributed by atoms with E-state index in [4.69, 9.17) is 0 Å². The fraction of sp³-hybridized carbons (Fsp3) is 0.200. The Bertz CT molecular complexity index is 687. The highest BCUT2D eigenvalue weighted by molar-refractivity contribution is 9.10. The van der Waals surface area contributed by atoms with Crippen LogP contribution < -0.4 is 4.72 Å². The van der Waals surface area contributed by atoms with Crippen molar-refractivity contribution in [3.05, 3.63) is 28.4 Å². The first kappa shape index (κ1) is 13.8. The first-order valence-corrected chi connectivity index (χ1v) is 7.47. The number of hydrogen-bond acceptors (Lipinski definition) is 5. The van der Waals surface area contributed by atoms with E-state index in [-0.39, 0.29) is 21.1 Å². The molecule has 2 N–H and O–H groups in total. The quantitative estimate of drug-likeness (QED) is 0.818. The zero-order chi connectivity index (χ0) is 14.2. The van der Waals surface area contributed by atoms with Gasteiger partial charge in [0.15, 0.2) is 4.60 Å². The van der Waals surface area contributed by atoms with Gasteiger partial charge in [-0.05, 0) is 34.5 Å². The van der Waals surface area contributed by atoms with Gasteiger partial charge in [0.25, 0.3) is 10.0 Å². The van der Waals surface area contributed by atoms with Gasteiger partial charge in [0.1, 0.15) is 5.75 Å². The number of phenols is 1. The second-order valence-electron chi connectivity index (χ2n) is 3.88. The monoisotopic (exact) mass is 346 g/mol. The molecule has 0 spiro atoms. The summed E-state index contributed by atoms with van der Waals surface area (Å²) in [6.07, 6.45) is 0. The molecule has 0 bridgehead atoms. The van der Waals surface area contributed by atoms with E-state index in [1.807, 2.05) is 0 Å². The highest BCUT2D eigenvalue weighted by Gasteiger charge is 2.25. The zero-order valence-electron chi connectivity index (χ0n) is 10.1. The third-order valence-corrected chi connectivity index (χ3v) is 4.71. The number of sulfonamides is 1. The second-order valence-corrected chi connectivity index (χ2v) is 6.23. The highest BCUT2D eigenvalue weighted by Crippen LogP contribution is 2.30. The molecule has 7 nitrogen and oxygen atoms in total. The van der Waals surface area contributed by atoms with Gasteiger partial charge in [-0.2, -0.15) is 8.42 Å². The van der Waals surface area contributed by atoms with Crippen LogP contribution in [0.4, 0.5) is 5.69 Å². The fourth-order valence-electron chi connectivity index (χ4n) is 1.58. The van der Waals surface area contributed by atoms with E-state index >= 15 is 0 Å². The minimum Gasteiger partial charge on any atom is -0.506 e. The van der Waals surface area contributed by atoms with Crippen LogP contribution in [0, 0.1) is 6.92 Å². The van der Waals surface area contributed by atoms with Crippen LogP contribution in [-0.2, 0) is 17.1 Å². The Morgan fingerprint density at radius 2 is 2.11 bits per heavy atom. The predicted molar refractivity (Wildman–Crippen MR) is 72.4 cm³/mol. The largest absolute Gasteiger partial charge is 0.506 e. The van der Waals surface area contributed by atoms with Gasteiger partial charge in [0.05, 0.1) is 5.69 Å². The van der Waals surface area contributed by atoms with E-state index in [1.54, 1.807) is 19.1 Å². The van der Waals surface area contributed by atoms with Gasteiger partial charge in [0, 0.05) is 7.05 Å². The third kappa shape index (κ3) is 2.56. The lowest BCUT2D eigenvalue weighted by Gasteiger charge is -2.11. The van der Waals surface area contributed by atoms with Crippen molar-refractivity contribution in [3.8, 4) is 5.75 Å². The molecule has 1 heterocycles. The molecule has 1 aromatic heterocycles. The van der Waals surface area contributed by atoms with Crippen molar-refractivity contribution in [1.29, 1.82) is 0 Å². The number of nitrogens with one attached hydrogen (secondary N) is 1. The van der Waals surface area contributed by atoms with E-state index in [0.717, 1.165) is 4.68 Å². The van der Waals surface area contributed by atoms with E-state index in [1.165, 1.54) is 13.1 Å². The summed E-state index contributed by atoms with van der Waals surface area (Å²) < 4.78 is 28.1. The predicted octanol–water partition coefficient (Wildman–Crippen LogP) is 1.39. The smallest absolute Gasteiger partial charge is 0.282 e. The minimum absolute atomic E-state index is 0.107. The maximum atomic E-state index is 12.3. The molecule has 0 saturated carbocycles. The number of rotatable bonds is 3. The summed E-state index contributed by atoms with van der Waals surface area (Å²) >= 11 is 3.03. The van der Waals surface area contributed by atoms with Crippen molar-refractivity contribution < 1.29 is 13.5 Å². The van der Waals surface area contributed by atoms with Gasteiger partial charge in [0.2, 0.25) is 5.03 Å². The molecule has 9 heteroatoms. The van der Waals surface area contributed by atoms with E-state index < -0.39 is 10.0 Å². The first-order valence-electron chi connectivity index (χ1n) is 5.19. The van der Waals surface area contributed by atoms with Crippen LogP contribution in [0.5, 0.6) is 5.75 Å². The summed E-state index contributed by atoms with van der Waals surface area (Å²) in [5.41, 5.74) is 0.741. The van der Waals surface area contributed by atoms with Gasteiger partial charge in [-0.1, -0.05) is 17.3 Å². The average molecular weight is 347 g/mol. The van der Waals surface area contributed by atoms with Crippen molar-refractivity contribution in [2.45, 2.75) is 11.9 Å². The van der Waals surface area contributed by atoms with Gasteiger partial charge in [-0.25, -0.2) is 4.68 Å². The number of anilines is 1. The molecule has 0 fully saturated rings. The summed E-state index contributed by atoms with van der Waals surface area (Å²) in [4.78, 5) is 0. The molecule has 2 rings (SSSR count). The molecule has 1 aromatic carbocycles. The topological polar surface area (TPSA) is 97.1 Å². The summed E-state index contributed by atoms with van der Waals surface area (Å²) in [7, 11) is -2.43. The minimum atomic E-state index is -3.90. The Hall–Kier alpha value is -1.61. The van der Waals surface area contributed by atoms with E-state index in [2.05, 4.69) is 31.0 Å². The number of aromatic nitrogens is 3. The van der Waals surface area contributed by atoms with Crippen LogP contribution >= 0.6 is 15.9 Å². The van der Waals surface area contributed by atoms with Crippen molar-refractivity contribution >= 4 is 31.6 Å². The molecule has 0 radical (unpaired) electrons. The van der Waals surface area contributed by atoms with Crippen LogP contribution in [0.25, 0.3) is 0 Å². The van der Waals surface area contributed by atoms with Crippen molar-refractivity contribution in [3.63, 3.8) is 0 Å². The van der Waals surface area contributed by atoms with E-state index in [9.17, 15) is 13.5 Å². The molecule has 0 unspecified atom stereocenters. The summed E-state index contributed by atoms with van der Waals surface area (Å²) in [5, 5.41) is 16.8. The van der Waals surface area contributed by atoms with Gasteiger partial charge >= 0.3 is 0 Å². The standard InChI is InChI=1S/C10H11BrN4O3S/c1-6-4-3-5-7(16)8(6)13-19(17,18)10-9(11)12-14-15(10)2/h3-5,13,16H,1-2H3. The molecule has 19 heavy (non-hydrogen) atoms. The summed E-state index contributed by atoms with van der Waals surface area (Å²) in [5.74, 6) is -0.144. The average Bonchev–Trinajstić information content (AvgIpc) is 2.64.